The minimum absolute atomic E-state index is 0.204. The lowest BCUT2D eigenvalue weighted by Crippen LogP contribution is -2.39. The van der Waals surface area contributed by atoms with E-state index in [0.29, 0.717) is 6.42 Å². The quantitative estimate of drug-likeness (QED) is 0.539. The minimum atomic E-state index is -1.41. The molecule has 0 aromatic carbocycles. The van der Waals surface area contributed by atoms with Crippen molar-refractivity contribution in [2.24, 2.45) is 11.3 Å². The molecule has 0 amide bonds. The van der Waals surface area contributed by atoms with Crippen LogP contribution in [0.2, 0.25) is 0 Å². The molecule has 2 unspecified atom stereocenters. The smallest absolute Gasteiger partial charge is 0.323 e. The second-order valence-electron chi connectivity index (χ2n) is 4.46. The highest BCUT2D eigenvalue weighted by Gasteiger charge is 2.43. The largest absolute Gasteiger partial charge is 0.480 e. The number of ether oxygens (including phenoxy) is 1. The van der Waals surface area contributed by atoms with E-state index in [1.807, 2.05) is 13.8 Å². The monoisotopic (exact) mass is 230 g/mol. The van der Waals surface area contributed by atoms with Crippen LogP contribution in [0.25, 0.3) is 0 Å². The Morgan fingerprint density at radius 3 is 2.31 bits per heavy atom. The van der Waals surface area contributed by atoms with Crippen LogP contribution >= 0.6 is 0 Å². The second kappa shape index (κ2) is 6.51. The van der Waals surface area contributed by atoms with Crippen molar-refractivity contribution in [3.05, 3.63) is 0 Å². The standard InChI is InChI=1S/C12H22O4/c1-5-7-9(3)8-12(4,10(13)14)11(15)16-6-2/h9H,5-8H2,1-4H3,(H,13,14). The molecule has 0 fully saturated rings. The Labute approximate surface area is 97.0 Å². The first kappa shape index (κ1) is 14.9. The molecule has 0 spiro atoms. The predicted octanol–water partition coefficient (Wildman–Crippen LogP) is 2.47. The topological polar surface area (TPSA) is 63.6 Å². The van der Waals surface area contributed by atoms with Crippen LogP contribution in [0.15, 0.2) is 0 Å². The lowest BCUT2D eigenvalue weighted by Gasteiger charge is -2.25. The van der Waals surface area contributed by atoms with E-state index in [0.717, 1.165) is 12.8 Å². The van der Waals surface area contributed by atoms with E-state index < -0.39 is 17.4 Å². The number of hydrogen-bond donors (Lipinski definition) is 1. The van der Waals surface area contributed by atoms with Crippen LogP contribution in [0, 0.1) is 11.3 Å². The maximum Gasteiger partial charge on any atom is 0.323 e. The van der Waals surface area contributed by atoms with Gasteiger partial charge in [-0.1, -0.05) is 26.7 Å². The van der Waals surface area contributed by atoms with Gasteiger partial charge in [0.15, 0.2) is 5.41 Å². The molecule has 0 aromatic rings. The summed E-state index contributed by atoms with van der Waals surface area (Å²) in [6.07, 6.45) is 2.23. The molecule has 0 saturated carbocycles. The van der Waals surface area contributed by atoms with Gasteiger partial charge >= 0.3 is 11.9 Å². The molecule has 4 nitrogen and oxygen atoms in total. The van der Waals surface area contributed by atoms with Crippen LogP contribution in [0.3, 0.4) is 0 Å². The highest BCUT2D eigenvalue weighted by Crippen LogP contribution is 2.30. The Bertz CT molecular complexity index is 249. The van der Waals surface area contributed by atoms with Gasteiger partial charge in [-0.05, 0) is 26.2 Å². The summed E-state index contributed by atoms with van der Waals surface area (Å²) in [4.78, 5) is 22.8. The van der Waals surface area contributed by atoms with Gasteiger partial charge in [-0.25, -0.2) is 0 Å². The number of aliphatic carboxylic acids is 1. The van der Waals surface area contributed by atoms with E-state index in [1.165, 1.54) is 6.92 Å². The van der Waals surface area contributed by atoms with Crippen LogP contribution in [-0.4, -0.2) is 23.7 Å². The summed E-state index contributed by atoms with van der Waals surface area (Å²) >= 11 is 0. The number of rotatable bonds is 7. The van der Waals surface area contributed by atoms with Crippen molar-refractivity contribution in [1.82, 2.24) is 0 Å². The Morgan fingerprint density at radius 1 is 1.38 bits per heavy atom. The fourth-order valence-electron chi connectivity index (χ4n) is 1.84. The van der Waals surface area contributed by atoms with Gasteiger partial charge < -0.3 is 9.84 Å². The zero-order valence-corrected chi connectivity index (χ0v) is 10.6. The molecule has 0 rings (SSSR count). The van der Waals surface area contributed by atoms with Crippen molar-refractivity contribution in [1.29, 1.82) is 0 Å². The molecule has 0 radical (unpaired) electrons. The number of hydrogen-bond acceptors (Lipinski definition) is 3. The average Bonchev–Trinajstić information content (AvgIpc) is 2.17. The van der Waals surface area contributed by atoms with Crippen LogP contribution in [0.1, 0.15) is 47.0 Å². The zero-order valence-electron chi connectivity index (χ0n) is 10.6. The van der Waals surface area contributed by atoms with Crippen LogP contribution in [-0.2, 0) is 14.3 Å². The molecule has 0 heterocycles. The molecular weight excluding hydrogens is 208 g/mol. The summed E-state index contributed by atoms with van der Waals surface area (Å²) in [5.74, 6) is -1.53. The maximum atomic E-state index is 11.6. The Hall–Kier alpha value is -1.06. The van der Waals surface area contributed by atoms with Gasteiger partial charge in [-0.3, -0.25) is 9.59 Å². The minimum Gasteiger partial charge on any atom is -0.480 e. The van der Waals surface area contributed by atoms with Gasteiger partial charge in [-0.2, -0.15) is 0 Å². The molecule has 0 bridgehead atoms. The maximum absolute atomic E-state index is 11.6. The van der Waals surface area contributed by atoms with Crippen molar-refractivity contribution in [2.75, 3.05) is 6.61 Å². The highest BCUT2D eigenvalue weighted by atomic mass is 16.5. The summed E-state index contributed by atoms with van der Waals surface area (Å²) in [7, 11) is 0. The van der Waals surface area contributed by atoms with Gasteiger partial charge in [-0.15, -0.1) is 0 Å². The summed E-state index contributed by atoms with van der Waals surface area (Å²) in [6, 6.07) is 0. The van der Waals surface area contributed by atoms with E-state index in [-0.39, 0.29) is 12.5 Å². The first-order valence-corrected chi connectivity index (χ1v) is 5.79. The van der Waals surface area contributed by atoms with Crippen molar-refractivity contribution in [3.63, 3.8) is 0 Å². The molecule has 0 aliphatic heterocycles. The third kappa shape index (κ3) is 3.83. The molecule has 94 valence electrons. The van der Waals surface area contributed by atoms with Gasteiger partial charge in [0.2, 0.25) is 0 Å². The van der Waals surface area contributed by atoms with E-state index >= 15 is 0 Å². The average molecular weight is 230 g/mol. The van der Waals surface area contributed by atoms with Crippen molar-refractivity contribution >= 4 is 11.9 Å². The second-order valence-corrected chi connectivity index (χ2v) is 4.46. The molecule has 1 N–H and O–H groups in total. The van der Waals surface area contributed by atoms with E-state index in [2.05, 4.69) is 0 Å². The number of carboxylic acid groups (broad SMARTS) is 1. The summed E-state index contributed by atoms with van der Waals surface area (Å²) in [5, 5.41) is 9.15. The molecule has 0 aliphatic carbocycles. The third-order valence-electron chi connectivity index (χ3n) is 2.74. The van der Waals surface area contributed by atoms with Crippen molar-refractivity contribution in [2.45, 2.75) is 47.0 Å². The normalized spacial score (nSPS) is 16.2. The Balaban J connectivity index is 4.69. The number of carboxylic acids is 1. The zero-order chi connectivity index (χ0) is 12.8. The molecule has 2 atom stereocenters. The molecule has 16 heavy (non-hydrogen) atoms. The lowest BCUT2D eigenvalue weighted by molar-refractivity contribution is -0.168. The van der Waals surface area contributed by atoms with Gasteiger partial charge in [0, 0.05) is 0 Å². The van der Waals surface area contributed by atoms with Crippen LogP contribution in [0.5, 0.6) is 0 Å². The number of carbonyl (C=O) groups is 2. The van der Waals surface area contributed by atoms with Crippen LogP contribution < -0.4 is 0 Å². The number of carbonyl (C=O) groups excluding carboxylic acids is 1. The fourth-order valence-corrected chi connectivity index (χ4v) is 1.84. The van der Waals surface area contributed by atoms with Crippen molar-refractivity contribution in [3.8, 4) is 0 Å². The summed E-state index contributed by atoms with van der Waals surface area (Å²) in [5.41, 5.74) is -1.41. The van der Waals surface area contributed by atoms with Crippen molar-refractivity contribution < 1.29 is 19.4 Å². The Kier molecular flexibility index (Phi) is 6.08. The predicted molar refractivity (Wildman–Crippen MR) is 61.1 cm³/mol. The lowest BCUT2D eigenvalue weighted by atomic mass is 9.80. The summed E-state index contributed by atoms with van der Waals surface area (Å²) < 4.78 is 4.83. The SMILES string of the molecule is CCCC(C)CC(C)(C(=O)O)C(=O)OCC. The first-order valence-electron chi connectivity index (χ1n) is 5.79. The fraction of sp³-hybridized carbons (Fsp3) is 0.833. The van der Waals surface area contributed by atoms with Gasteiger partial charge in [0.25, 0.3) is 0 Å². The first-order chi connectivity index (χ1) is 7.38. The van der Waals surface area contributed by atoms with E-state index in [1.54, 1.807) is 6.92 Å². The Morgan fingerprint density at radius 2 is 1.94 bits per heavy atom. The highest BCUT2D eigenvalue weighted by molar-refractivity contribution is 5.98. The van der Waals surface area contributed by atoms with Gasteiger partial charge in [0.1, 0.15) is 0 Å². The molecule has 0 aliphatic rings. The third-order valence-corrected chi connectivity index (χ3v) is 2.74. The summed E-state index contributed by atoms with van der Waals surface area (Å²) in [6.45, 7) is 7.34. The van der Waals surface area contributed by atoms with E-state index in [9.17, 15) is 9.59 Å². The molecule has 0 aromatic heterocycles. The van der Waals surface area contributed by atoms with E-state index in [4.69, 9.17) is 9.84 Å². The number of esters is 1. The van der Waals surface area contributed by atoms with Crippen LogP contribution in [0.4, 0.5) is 0 Å². The molecular formula is C12H22O4. The molecule has 0 saturated heterocycles. The molecule has 4 heteroatoms. The van der Waals surface area contributed by atoms with Gasteiger partial charge in [0.05, 0.1) is 6.61 Å².